The van der Waals surface area contributed by atoms with Gasteiger partial charge in [-0.3, -0.25) is 0 Å². The molecule has 128 valence electrons. The summed E-state index contributed by atoms with van der Waals surface area (Å²) in [6.45, 7) is 3.77. The molecule has 0 unspecified atom stereocenters. The van der Waals surface area contributed by atoms with E-state index in [-0.39, 0.29) is 0 Å². The van der Waals surface area contributed by atoms with E-state index in [1.165, 1.54) is 27.7 Å². The lowest BCUT2D eigenvalue weighted by atomic mass is 10.0. The van der Waals surface area contributed by atoms with Crippen LogP contribution in [0, 0.1) is 6.92 Å². The Kier molecular flexibility index (Phi) is 4.09. The molecular weight excluding hydrogens is 330 g/mol. The number of aromatic nitrogens is 1. The molecule has 0 amide bonds. The third-order valence-electron chi connectivity index (χ3n) is 4.77. The molecular formula is C20H21N3OS. The molecule has 2 heterocycles. The van der Waals surface area contributed by atoms with E-state index >= 15 is 0 Å². The summed E-state index contributed by atoms with van der Waals surface area (Å²) in [5, 5.41) is 5.41. The van der Waals surface area contributed by atoms with Crippen LogP contribution >= 0.6 is 12.2 Å². The molecule has 1 aliphatic heterocycles. The summed E-state index contributed by atoms with van der Waals surface area (Å²) in [7, 11) is 1.68. The van der Waals surface area contributed by atoms with Crippen LogP contribution in [0.25, 0.3) is 10.9 Å². The van der Waals surface area contributed by atoms with Crippen molar-refractivity contribution in [3.8, 4) is 5.75 Å². The minimum atomic E-state index is 0.730. The highest BCUT2D eigenvalue weighted by atomic mass is 32.1. The first-order valence-electron chi connectivity index (χ1n) is 8.45. The third-order valence-corrected chi connectivity index (χ3v) is 5.13. The number of rotatable bonds is 2. The van der Waals surface area contributed by atoms with Crippen LogP contribution in [-0.4, -0.2) is 28.7 Å². The number of nitrogens with zero attached hydrogens (tertiary/aromatic N) is 1. The van der Waals surface area contributed by atoms with Crippen molar-refractivity contribution in [1.29, 1.82) is 0 Å². The Morgan fingerprint density at radius 2 is 2.08 bits per heavy atom. The first-order valence-corrected chi connectivity index (χ1v) is 8.85. The summed E-state index contributed by atoms with van der Waals surface area (Å²) in [4.78, 5) is 5.75. The Labute approximate surface area is 152 Å². The second kappa shape index (κ2) is 6.41. The second-order valence-electron chi connectivity index (χ2n) is 6.43. The SMILES string of the molecule is COc1ccc(C)cc1NC(=S)N1CCc2c([nH]c3ccccc23)C1. The molecule has 0 radical (unpaired) electrons. The number of hydrogen-bond donors (Lipinski definition) is 2. The molecule has 0 bridgehead atoms. The smallest absolute Gasteiger partial charge is 0.173 e. The maximum atomic E-state index is 5.66. The number of methoxy groups -OCH3 is 1. The highest BCUT2D eigenvalue weighted by Gasteiger charge is 2.22. The molecule has 2 aromatic carbocycles. The first kappa shape index (κ1) is 16.0. The number of aryl methyl sites for hydroxylation is 1. The van der Waals surface area contributed by atoms with Crippen LogP contribution in [0.1, 0.15) is 16.8 Å². The van der Waals surface area contributed by atoms with Crippen LogP contribution in [0.15, 0.2) is 42.5 Å². The van der Waals surface area contributed by atoms with Crippen molar-refractivity contribution < 1.29 is 4.74 Å². The maximum absolute atomic E-state index is 5.66. The zero-order chi connectivity index (χ0) is 17.4. The number of hydrogen-bond acceptors (Lipinski definition) is 2. The van der Waals surface area contributed by atoms with Gasteiger partial charge in [-0.15, -0.1) is 0 Å². The molecule has 5 heteroatoms. The number of para-hydroxylation sites is 1. The van der Waals surface area contributed by atoms with Crippen molar-refractivity contribution in [3.05, 3.63) is 59.3 Å². The van der Waals surface area contributed by atoms with Gasteiger partial charge in [0.2, 0.25) is 0 Å². The average Bonchev–Trinajstić information content (AvgIpc) is 2.99. The van der Waals surface area contributed by atoms with Crippen LogP contribution in [0.5, 0.6) is 5.75 Å². The number of thiocarbonyl (C=S) groups is 1. The van der Waals surface area contributed by atoms with E-state index < -0.39 is 0 Å². The van der Waals surface area contributed by atoms with E-state index in [0.717, 1.165) is 36.1 Å². The third kappa shape index (κ3) is 2.96. The zero-order valence-electron chi connectivity index (χ0n) is 14.4. The lowest BCUT2D eigenvalue weighted by Crippen LogP contribution is -2.38. The maximum Gasteiger partial charge on any atom is 0.173 e. The highest BCUT2D eigenvalue weighted by Crippen LogP contribution is 2.29. The topological polar surface area (TPSA) is 40.3 Å². The Bertz CT molecular complexity index is 947. The fraction of sp³-hybridized carbons (Fsp3) is 0.250. The van der Waals surface area contributed by atoms with Gasteiger partial charge in [0.1, 0.15) is 5.75 Å². The molecule has 25 heavy (non-hydrogen) atoms. The van der Waals surface area contributed by atoms with Gasteiger partial charge in [0.15, 0.2) is 5.11 Å². The van der Waals surface area contributed by atoms with Gasteiger partial charge in [-0.25, -0.2) is 0 Å². The lowest BCUT2D eigenvalue weighted by Gasteiger charge is -2.30. The summed E-state index contributed by atoms with van der Waals surface area (Å²) < 4.78 is 5.44. The average molecular weight is 351 g/mol. The summed E-state index contributed by atoms with van der Waals surface area (Å²) in [5.41, 5.74) is 5.96. The highest BCUT2D eigenvalue weighted by molar-refractivity contribution is 7.80. The van der Waals surface area contributed by atoms with E-state index in [1.54, 1.807) is 7.11 Å². The molecule has 0 spiro atoms. The number of H-pyrrole nitrogens is 1. The Hall–Kier alpha value is -2.53. The predicted octanol–water partition coefficient (Wildman–Crippen LogP) is 4.24. The molecule has 0 aliphatic carbocycles. The summed E-state index contributed by atoms with van der Waals surface area (Å²) in [6.07, 6.45) is 0.992. The molecule has 4 rings (SSSR count). The minimum absolute atomic E-state index is 0.730. The van der Waals surface area contributed by atoms with Gasteiger partial charge >= 0.3 is 0 Å². The quantitative estimate of drug-likeness (QED) is 0.678. The lowest BCUT2D eigenvalue weighted by molar-refractivity contribution is 0.395. The van der Waals surface area contributed by atoms with Crippen molar-refractivity contribution >= 4 is 33.9 Å². The first-order chi connectivity index (χ1) is 12.2. The molecule has 0 saturated heterocycles. The Morgan fingerprint density at radius 1 is 1.24 bits per heavy atom. The number of aromatic amines is 1. The van der Waals surface area contributed by atoms with Gasteiger partial charge in [0, 0.05) is 23.1 Å². The van der Waals surface area contributed by atoms with Crippen molar-refractivity contribution in [1.82, 2.24) is 9.88 Å². The molecule has 3 aromatic rings. The number of benzene rings is 2. The van der Waals surface area contributed by atoms with Crippen LogP contribution in [-0.2, 0) is 13.0 Å². The molecule has 1 aliphatic rings. The summed E-state index contributed by atoms with van der Waals surface area (Å²) in [6, 6.07) is 14.5. The van der Waals surface area contributed by atoms with Crippen molar-refractivity contribution in [2.75, 3.05) is 19.0 Å². The van der Waals surface area contributed by atoms with Gasteiger partial charge in [0.25, 0.3) is 0 Å². The van der Waals surface area contributed by atoms with Gasteiger partial charge < -0.3 is 19.9 Å². The van der Waals surface area contributed by atoms with Crippen LogP contribution in [0.3, 0.4) is 0 Å². The van der Waals surface area contributed by atoms with E-state index in [1.807, 2.05) is 12.1 Å². The van der Waals surface area contributed by atoms with Crippen molar-refractivity contribution in [3.63, 3.8) is 0 Å². The van der Waals surface area contributed by atoms with Gasteiger partial charge in [-0.1, -0.05) is 24.3 Å². The largest absolute Gasteiger partial charge is 0.495 e. The number of nitrogens with one attached hydrogen (secondary N) is 2. The zero-order valence-corrected chi connectivity index (χ0v) is 15.2. The molecule has 2 N–H and O–H groups in total. The van der Waals surface area contributed by atoms with Crippen LogP contribution in [0.4, 0.5) is 5.69 Å². The molecule has 0 atom stereocenters. The van der Waals surface area contributed by atoms with Gasteiger partial charge in [-0.2, -0.15) is 0 Å². The standard InChI is InChI=1S/C20H21N3OS/c1-13-7-8-19(24-2)17(11-13)22-20(25)23-10-9-15-14-5-3-4-6-16(14)21-18(15)12-23/h3-8,11,21H,9-10,12H2,1-2H3,(H,22,25). The molecule has 1 aromatic heterocycles. The Morgan fingerprint density at radius 3 is 2.92 bits per heavy atom. The summed E-state index contributed by atoms with van der Waals surface area (Å²) >= 11 is 5.66. The van der Waals surface area contributed by atoms with E-state index in [2.05, 4.69) is 52.5 Å². The fourth-order valence-corrected chi connectivity index (χ4v) is 3.75. The normalized spacial score (nSPS) is 13.6. The number of ether oxygens (including phenoxy) is 1. The molecule has 0 fully saturated rings. The van der Waals surface area contributed by atoms with Crippen LogP contribution < -0.4 is 10.1 Å². The Balaban J connectivity index is 1.55. The van der Waals surface area contributed by atoms with Crippen molar-refractivity contribution in [2.45, 2.75) is 19.9 Å². The number of fused-ring (bicyclic) bond motifs is 3. The van der Waals surface area contributed by atoms with Gasteiger partial charge in [0.05, 0.1) is 19.3 Å². The monoisotopic (exact) mass is 351 g/mol. The predicted molar refractivity (Wildman–Crippen MR) is 106 cm³/mol. The minimum Gasteiger partial charge on any atom is -0.495 e. The van der Waals surface area contributed by atoms with Gasteiger partial charge in [-0.05, 0) is 54.9 Å². The van der Waals surface area contributed by atoms with Crippen LogP contribution in [0.2, 0.25) is 0 Å². The van der Waals surface area contributed by atoms with Crippen molar-refractivity contribution in [2.24, 2.45) is 0 Å². The van der Waals surface area contributed by atoms with E-state index in [9.17, 15) is 0 Å². The van der Waals surface area contributed by atoms with E-state index in [4.69, 9.17) is 17.0 Å². The molecule has 0 saturated carbocycles. The second-order valence-corrected chi connectivity index (χ2v) is 6.82. The number of anilines is 1. The summed E-state index contributed by atoms with van der Waals surface area (Å²) in [5.74, 6) is 0.802. The molecule has 4 nitrogen and oxygen atoms in total. The fourth-order valence-electron chi connectivity index (χ4n) is 3.48. The van der Waals surface area contributed by atoms with E-state index in [0.29, 0.717) is 0 Å².